The van der Waals surface area contributed by atoms with Gasteiger partial charge in [-0.05, 0) is 17.2 Å². The number of non-ortho nitro benzene ring substituents is 1. The van der Waals surface area contributed by atoms with Crippen LogP contribution in [0.4, 0.5) is 5.69 Å². The van der Waals surface area contributed by atoms with Crippen LogP contribution in [0.5, 0.6) is 0 Å². The van der Waals surface area contributed by atoms with Gasteiger partial charge in [-0.2, -0.15) is 0 Å². The quantitative estimate of drug-likeness (QED) is 0.488. The first-order chi connectivity index (χ1) is 7.68. The molecule has 2 aromatic carbocycles. The van der Waals surface area contributed by atoms with E-state index in [4.69, 9.17) is 0 Å². The number of benzene rings is 2. The molecule has 0 spiro atoms. The Morgan fingerprint density at radius 1 is 1.06 bits per heavy atom. The Morgan fingerprint density at radius 3 is 2.31 bits per heavy atom. The molecule has 0 heterocycles. The van der Waals surface area contributed by atoms with Gasteiger partial charge < -0.3 is 0 Å². The fraction of sp³-hybridized carbons (Fsp3) is 0. The number of hydrogen-bond acceptors (Lipinski definition) is 3. The van der Waals surface area contributed by atoms with E-state index in [-0.39, 0.29) is 5.69 Å². The van der Waals surface area contributed by atoms with Gasteiger partial charge in [-0.15, -0.1) is 12.6 Å². The number of hydrogen-bond donors (Lipinski definition) is 1. The van der Waals surface area contributed by atoms with Crippen LogP contribution in [-0.4, -0.2) is 4.92 Å². The third kappa shape index (κ3) is 2.06. The van der Waals surface area contributed by atoms with Crippen LogP contribution in [-0.2, 0) is 0 Å². The van der Waals surface area contributed by atoms with E-state index in [2.05, 4.69) is 12.6 Å². The average Bonchev–Trinajstić information content (AvgIpc) is 2.30. The highest BCUT2D eigenvalue weighted by Crippen LogP contribution is 2.29. The second-order valence-electron chi connectivity index (χ2n) is 3.32. The van der Waals surface area contributed by atoms with Crippen LogP contribution in [0.15, 0.2) is 53.4 Å². The van der Waals surface area contributed by atoms with Crippen LogP contribution in [0.25, 0.3) is 11.1 Å². The van der Waals surface area contributed by atoms with Crippen molar-refractivity contribution in [1.82, 2.24) is 0 Å². The van der Waals surface area contributed by atoms with E-state index < -0.39 is 4.92 Å². The van der Waals surface area contributed by atoms with Gasteiger partial charge in [0.15, 0.2) is 0 Å². The summed E-state index contributed by atoms with van der Waals surface area (Å²) < 4.78 is 0. The molecule has 0 bridgehead atoms. The van der Waals surface area contributed by atoms with Crippen molar-refractivity contribution in [2.24, 2.45) is 0 Å². The van der Waals surface area contributed by atoms with E-state index in [1.807, 2.05) is 30.3 Å². The second kappa shape index (κ2) is 4.37. The fourth-order valence-corrected chi connectivity index (χ4v) is 1.83. The maximum absolute atomic E-state index is 10.6. The lowest BCUT2D eigenvalue weighted by Crippen LogP contribution is -1.88. The van der Waals surface area contributed by atoms with Gasteiger partial charge in [0.05, 0.1) is 4.92 Å². The number of nitro benzene ring substituents is 1. The topological polar surface area (TPSA) is 43.1 Å². The van der Waals surface area contributed by atoms with Crippen LogP contribution >= 0.6 is 12.6 Å². The SMILES string of the molecule is O=[N+]([O-])c1ccc(-c2ccccc2)c(S)c1. The largest absolute Gasteiger partial charge is 0.270 e. The molecule has 2 aromatic rings. The molecule has 80 valence electrons. The molecule has 0 aliphatic heterocycles. The lowest BCUT2D eigenvalue weighted by molar-refractivity contribution is -0.385. The molecule has 0 aliphatic rings. The minimum Gasteiger partial charge on any atom is -0.258 e. The van der Waals surface area contributed by atoms with Crippen molar-refractivity contribution in [3.63, 3.8) is 0 Å². The van der Waals surface area contributed by atoms with Crippen molar-refractivity contribution in [3.8, 4) is 11.1 Å². The smallest absolute Gasteiger partial charge is 0.258 e. The van der Waals surface area contributed by atoms with Gasteiger partial charge in [-0.1, -0.05) is 30.3 Å². The highest BCUT2D eigenvalue weighted by Gasteiger charge is 2.09. The van der Waals surface area contributed by atoms with Crippen molar-refractivity contribution < 1.29 is 4.92 Å². The second-order valence-corrected chi connectivity index (χ2v) is 3.81. The summed E-state index contributed by atoms with van der Waals surface area (Å²) >= 11 is 4.27. The summed E-state index contributed by atoms with van der Waals surface area (Å²) in [6, 6.07) is 14.3. The molecule has 0 unspecified atom stereocenters. The van der Waals surface area contributed by atoms with Gasteiger partial charge in [0.2, 0.25) is 0 Å². The molecule has 0 fully saturated rings. The Labute approximate surface area is 98.3 Å². The Balaban J connectivity index is 2.48. The van der Waals surface area contributed by atoms with Gasteiger partial charge in [0, 0.05) is 17.0 Å². The van der Waals surface area contributed by atoms with Gasteiger partial charge in [0.1, 0.15) is 0 Å². The number of nitrogens with zero attached hydrogens (tertiary/aromatic N) is 1. The van der Waals surface area contributed by atoms with Crippen molar-refractivity contribution in [3.05, 3.63) is 58.6 Å². The minimum atomic E-state index is -0.422. The van der Waals surface area contributed by atoms with Crippen LogP contribution in [0.3, 0.4) is 0 Å². The van der Waals surface area contributed by atoms with Crippen molar-refractivity contribution >= 4 is 18.3 Å². The molecule has 0 radical (unpaired) electrons. The van der Waals surface area contributed by atoms with Crippen LogP contribution in [0.2, 0.25) is 0 Å². The fourth-order valence-electron chi connectivity index (χ4n) is 1.50. The van der Waals surface area contributed by atoms with E-state index in [1.54, 1.807) is 6.07 Å². The Kier molecular flexibility index (Phi) is 2.92. The van der Waals surface area contributed by atoms with Crippen LogP contribution in [0.1, 0.15) is 0 Å². The normalized spacial score (nSPS) is 10.1. The molecule has 3 nitrogen and oxygen atoms in total. The molecule has 0 saturated carbocycles. The van der Waals surface area contributed by atoms with E-state index in [9.17, 15) is 10.1 Å². The lowest BCUT2D eigenvalue weighted by Gasteiger charge is -2.04. The summed E-state index contributed by atoms with van der Waals surface area (Å²) in [5.41, 5.74) is 1.96. The molecule has 0 atom stereocenters. The maximum Gasteiger partial charge on any atom is 0.270 e. The summed E-state index contributed by atoms with van der Waals surface area (Å²) in [6.07, 6.45) is 0. The molecule has 4 heteroatoms. The van der Waals surface area contributed by atoms with Crippen molar-refractivity contribution in [2.45, 2.75) is 4.90 Å². The number of nitro groups is 1. The van der Waals surface area contributed by atoms with E-state index in [0.29, 0.717) is 4.90 Å². The van der Waals surface area contributed by atoms with Crippen molar-refractivity contribution in [1.29, 1.82) is 0 Å². The molecule has 0 saturated heterocycles. The molecular formula is C12H9NO2S. The molecule has 0 aromatic heterocycles. The van der Waals surface area contributed by atoms with E-state index in [0.717, 1.165) is 11.1 Å². The van der Waals surface area contributed by atoms with Gasteiger partial charge in [-0.25, -0.2) is 0 Å². The van der Waals surface area contributed by atoms with Gasteiger partial charge in [-0.3, -0.25) is 10.1 Å². The molecule has 2 rings (SSSR count). The highest BCUT2D eigenvalue weighted by atomic mass is 32.1. The third-order valence-electron chi connectivity index (χ3n) is 2.28. The predicted octanol–water partition coefficient (Wildman–Crippen LogP) is 3.55. The molecule has 0 N–H and O–H groups in total. The molecule has 0 aliphatic carbocycles. The number of thiol groups is 1. The standard InChI is InChI=1S/C12H9NO2S/c14-13(15)10-6-7-11(12(16)8-10)9-4-2-1-3-5-9/h1-8,16H. The zero-order valence-electron chi connectivity index (χ0n) is 8.33. The maximum atomic E-state index is 10.6. The van der Waals surface area contributed by atoms with Crippen molar-refractivity contribution in [2.75, 3.05) is 0 Å². The summed E-state index contributed by atoms with van der Waals surface area (Å²) in [5.74, 6) is 0. The van der Waals surface area contributed by atoms with Crippen LogP contribution < -0.4 is 0 Å². The Morgan fingerprint density at radius 2 is 1.75 bits per heavy atom. The summed E-state index contributed by atoms with van der Waals surface area (Å²) in [5, 5.41) is 10.6. The molecule has 0 amide bonds. The van der Waals surface area contributed by atoms with Gasteiger partial charge >= 0.3 is 0 Å². The summed E-state index contributed by atoms with van der Waals surface area (Å²) in [4.78, 5) is 10.8. The monoisotopic (exact) mass is 231 g/mol. The number of rotatable bonds is 2. The van der Waals surface area contributed by atoms with Crippen LogP contribution in [0, 0.1) is 10.1 Å². The average molecular weight is 231 g/mol. The summed E-state index contributed by atoms with van der Waals surface area (Å²) in [6.45, 7) is 0. The Bertz CT molecular complexity index is 526. The molecule has 16 heavy (non-hydrogen) atoms. The Hall–Kier alpha value is -1.81. The van der Waals surface area contributed by atoms with E-state index >= 15 is 0 Å². The summed E-state index contributed by atoms with van der Waals surface area (Å²) in [7, 11) is 0. The first kappa shape index (κ1) is 10.7. The molecular weight excluding hydrogens is 222 g/mol. The third-order valence-corrected chi connectivity index (χ3v) is 2.65. The lowest BCUT2D eigenvalue weighted by atomic mass is 10.1. The zero-order chi connectivity index (χ0) is 11.5. The first-order valence-corrected chi connectivity index (χ1v) is 5.16. The minimum absolute atomic E-state index is 0.0599. The highest BCUT2D eigenvalue weighted by molar-refractivity contribution is 7.80. The predicted molar refractivity (Wildman–Crippen MR) is 65.8 cm³/mol. The first-order valence-electron chi connectivity index (χ1n) is 4.71. The van der Waals surface area contributed by atoms with Gasteiger partial charge in [0.25, 0.3) is 5.69 Å². The zero-order valence-corrected chi connectivity index (χ0v) is 9.22. The van der Waals surface area contributed by atoms with E-state index in [1.165, 1.54) is 12.1 Å².